The van der Waals surface area contributed by atoms with Crippen molar-refractivity contribution >= 4 is 0 Å². The van der Waals surface area contributed by atoms with Gasteiger partial charge >= 0.3 is 0 Å². The van der Waals surface area contributed by atoms with Gasteiger partial charge in [0, 0.05) is 18.8 Å². The Morgan fingerprint density at radius 1 is 0.950 bits per heavy atom. The van der Waals surface area contributed by atoms with E-state index in [0.717, 1.165) is 31.6 Å². The maximum absolute atomic E-state index is 4.14. The summed E-state index contributed by atoms with van der Waals surface area (Å²) in [5, 5.41) is 0. The van der Waals surface area contributed by atoms with Crippen molar-refractivity contribution in [2.45, 2.75) is 47.5 Å². The molecule has 0 aliphatic heterocycles. The first-order chi connectivity index (χ1) is 9.36. The normalized spacial score (nSPS) is 10.8. The van der Waals surface area contributed by atoms with Crippen molar-refractivity contribution in [3.63, 3.8) is 0 Å². The minimum Gasteiger partial charge on any atom is -0.365 e. The lowest BCUT2D eigenvalue weighted by molar-refractivity contribution is 0.435. The van der Waals surface area contributed by atoms with Crippen LogP contribution in [0.15, 0.2) is 59.9 Å². The topological polar surface area (TPSA) is 3.24 Å². The summed E-state index contributed by atoms with van der Waals surface area (Å²) >= 11 is 0. The predicted octanol–water partition coefficient (Wildman–Crippen LogP) is 5.65. The van der Waals surface area contributed by atoms with Crippen molar-refractivity contribution in [3.05, 3.63) is 59.9 Å². The van der Waals surface area contributed by atoms with Crippen LogP contribution in [0.4, 0.5) is 0 Å². The number of nitrogens with zero attached hydrogens (tertiary/aromatic N) is 1. The molecule has 0 unspecified atom stereocenters. The van der Waals surface area contributed by atoms with Gasteiger partial charge in [-0.05, 0) is 53.5 Å². The van der Waals surface area contributed by atoms with Crippen LogP contribution in [-0.4, -0.2) is 18.0 Å². The van der Waals surface area contributed by atoms with E-state index in [0.29, 0.717) is 0 Å². The highest BCUT2D eigenvalue weighted by atomic mass is 15.1. The Morgan fingerprint density at radius 3 is 2.10 bits per heavy atom. The Balaban J connectivity index is 4.52. The summed E-state index contributed by atoms with van der Waals surface area (Å²) in [5.41, 5.74) is 5.15. The van der Waals surface area contributed by atoms with Crippen LogP contribution in [0.1, 0.15) is 47.5 Å². The SMILES string of the molecule is C=CCN(C/C=C(/C)CCC=C(C)C)C(=C)C=C(C)C. The van der Waals surface area contributed by atoms with Gasteiger partial charge in [0.05, 0.1) is 0 Å². The van der Waals surface area contributed by atoms with Crippen molar-refractivity contribution < 1.29 is 0 Å². The van der Waals surface area contributed by atoms with Crippen LogP contribution >= 0.6 is 0 Å². The van der Waals surface area contributed by atoms with Crippen molar-refractivity contribution in [2.75, 3.05) is 13.1 Å². The van der Waals surface area contributed by atoms with Gasteiger partial charge in [-0.25, -0.2) is 0 Å². The van der Waals surface area contributed by atoms with Crippen LogP contribution in [0.25, 0.3) is 0 Å². The van der Waals surface area contributed by atoms with E-state index in [9.17, 15) is 0 Å². The average molecular weight is 273 g/mol. The number of hydrogen-bond donors (Lipinski definition) is 0. The van der Waals surface area contributed by atoms with Gasteiger partial charge in [-0.3, -0.25) is 0 Å². The Morgan fingerprint density at radius 2 is 1.60 bits per heavy atom. The van der Waals surface area contributed by atoms with E-state index in [-0.39, 0.29) is 0 Å². The largest absolute Gasteiger partial charge is 0.365 e. The van der Waals surface area contributed by atoms with Gasteiger partial charge in [0.2, 0.25) is 0 Å². The third-order valence-electron chi connectivity index (χ3n) is 2.96. The molecule has 0 aliphatic carbocycles. The number of hydrogen-bond acceptors (Lipinski definition) is 1. The smallest absolute Gasteiger partial charge is 0.0365 e. The molecular formula is C19H31N. The van der Waals surface area contributed by atoms with Crippen molar-refractivity contribution in [1.29, 1.82) is 0 Å². The molecule has 0 aliphatic rings. The fourth-order valence-corrected chi connectivity index (χ4v) is 1.85. The summed E-state index contributed by atoms with van der Waals surface area (Å²) in [7, 11) is 0. The molecule has 0 saturated carbocycles. The molecule has 0 radical (unpaired) electrons. The predicted molar refractivity (Wildman–Crippen MR) is 92.8 cm³/mol. The zero-order valence-corrected chi connectivity index (χ0v) is 14.0. The Hall–Kier alpha value is -1.50. The summed E-state index contributed by atoms with van der Waals surface area (Å²) in [6.07, 6.45) is 10.9. The van der Waals surface area contributed by atoms with Gasteiger partial charge in [-0.1, -0.05) is 41.5 Å². The standard InChI is InChI=1S/C19H31N/c1-8-13-20(19(7)15-17(4)5)14-12-18(6)11-9-10-16(2)3/h8,10,12,15H,1,7,9,11,13-14H2,2-6H3/b18-12-. The zero-order valence-electron chi connectivity index (χ0n) is 14.0. The van der Waals surface area contributed by atoms with Crippen LogP contribution in [0.2, 0.25) is 0 Å². The van der Waals surface area contributed by atoms with E-state index in [1.54, 1.807) is 0 Å². The zero-order chi connectivity index (χ0) is 15.5. The highest BCUT2D eigenvalue weighted by Gasteiger charge is 2.02. The van der Waals surface area contributed by atoms with Crippen LogP contribution < -0.4 is 0 Å². The van der Waals surface area contributed by atoms with E-state index in [1.165, 1.54) is 16.7 Å². The Labute approximate surface area is 126 Å². The molecule has 0 aromatic carbocycles. The molecule has 0 rings (SSSR count). The van der Waals surface area contributed by atoms with Gasteiger partial charge in [-0.15, -0.1) is 6.58 Å². The molecule has 0 atom stereocenters. The molecule has 1 nitrogen and oxygen atoms in total. The monoisotopic (exact) mass is 273 g/mol. The van der Waals surface area contributed by atoms with Gasteiger partial charge in [0.15, 0.2) is 0 Å². The van der Waals surface area contributed by atoms with E-state index in [1.807, 2.05) is 6.08 Å². The highest BCUT2D eigenvalue weighted by Crippen LogP contribution is 2.10. The van der Waals surface area contributed by atoms with E-state index in [2.05, 4.69) is 70.9 Å². The van der Waals surface area contributed by atoms with Crippen LogP contribution in [0.5, 0.6) is 0 Å². The number of rotatable bonds is 9. The van der Waals surface area contributed by atoms with E-state index < -0.39 is 0 Å². The Bertz CT molecular complexity index is 399. The second-order valence-corrected chi connectivity index (χ2v) is 5.78. The first-order valence-electron chi connectivity index (χ1n) is 7.35. The molecule has 112 valence electrons. The second-order valence-electron chi connectivity index (χ2n) is 5.78. The highest BCUT2D eigenvalue weighted by molar-refractivity contribution is 5.19. The fraction of sp³-hybridized carbons (Fsp3) is 0.474. The minimum atomic E-state index is 0.834. The molecule has 0 N–H and O–H groups in total. The molecule has 0 fully saturated rings. The lowest BCUT2D eigenvalue weighted by Crippen LogP contribution is -2.22. The molecule has 0 aromatic rings. The third kappa shape index (κ3) is 9.43. The first kappa shape index (κ1) is 18.5. The van der Waals surface area contributed by atoms with Gasteiger partial charge in [0.25, 0.3) is 0 Å². The van der Waals surface area contributed by atoms with E-state index in [4.69, 9.17) is 0 Å². The molecule has 0 bridgehead atoms. The van der Waals surface area contributed by atoms with Gasteiger partial charge in [0.1, 0.15) is 0 Å². The summed E-state index contributed by atoms with van der Waals surface area (Å²) in [6, 6.07) is 0. The molecule has 0 aromatic heterocycles. The molecule has 0 spiro atoms. The third-order valence-corrected chi connectivity index (χ3v) is 2.96. The van der Waals surface area contributed by atoms with Crippen LogP contribution in [0, 0.1) is 0 Å². The fourth-order valence-electron chi connectivity index (χ4n) is 1.85. The number of allylic oxidation sites excluding steroid dienone is 5. The summed E-state index contributed by atoms with van der Waals surface area (Å²) in [5.74, 6) is 0. The maximum Gasteiger partial charge on any atom is 0.0365 e. The van der Waals surface area contributed by atoms with E-state index >= 15 is 0 Å². The molecule has 0 heterocycles. The molecule has 1 heteroatoms. The molecular weight excluding hydrogens is 242 g/mol. The summed E-state index contributed by atoms with van der Waals surface area (Å²) in [6.45, 7) is 20.4. The Kier molecular flexibility index (Phi) is 9.53. The molecule has 0 saturated heterocycles. The second kappa shape index (κ2) is 10.3. The van der Waals surface area contributed by atoms with Crippen molar-refractivity contribution in [3.8, 4) is 0 Å². The van der Waals surface area contributed by atoms with Crippen LogP contribution in [0.3, 0.4) is 0 Å². The summed E-state index contributed by atoms with van der Waals surface area (Å²) < 4.78 is 0. The maximum atomic E-state index is 4.14. The quantitative estimate of drug-likeness (QED) is 0.388. The summed E-state index contributed by atoms with van der Waals surface area (Å²) in [4.78, 5) is 2.24. The lowest BCUT2D eigenvalue weighted by atomic mass is 10.1. The van der Waals surface area contributed by atoms with Crippen molar-refractivity contribution in [1.82, 2.24) is 4.90 Å². The molecule has 20 heavy (non-hydrogen) atoms. The average Bonchev–Trinajstić information content (AvgIpc) is 2.32. The minimum absolute atomic E-state index is 0.834. The van der Waals surface area contributed by atoms with Gasteiger partial charge in [-0.2, -0.15) is 0 Å². The van der Waals surface area contributed by atoms with Gasteiger partial charge < -0.3 is 4.90 Å². The lowest BCUT2D eigenvalue weighted by Gasteiger charge is -2.22. The van der Waals surface area contributed by atoms with Crippen LogP contribution in [-0.2, 0) is 0 Å². The first-order valence-corrected chi connectivity index (χ1v) is 7.35. The molecule has 0 amide bonds. The van der Waals surface area contributed by atoms with Crippen molar-refractivity contribution in [2.24, 2.45) is 0 Å².